The van der Waals surface area contributed by atoms with Gasteiger partial charge in [0.2, 0.25) is 11.8 Å². The summed E-state index contributed by atoms with van der Waals surface area (Å²) >= 11 is 0. The summed E-state index contributed by atoms with van der Waals surface area (Å²) in [7, 11) is 4.90. The zero-order valence-electron chi connectivity index (χ0n) is 36.3. The third-order valence-corrected chi connectivity index (χ3v) is 13.2. The van der Waals surface area contributed by atoms with Crippen molar-refractivity contribution in [1.29, 1.82) is 0 Å². The Kier molecular flexibility index (Phi) is 11.5. The van der Waals surface area contributed by atoms with Crippen molar-refractivity contribution in [2.75, 3.05) is 34.5 Å². The first-order chi connectivity index (χ1) is 28.8. The van der Waals surface area contributed by atoms with Crippen LogP contribution < -0.4 is 15.8 Å². The second-order valence-corrected chi connectivity index (χ2v) is 17.6. The largest absolute Gasteiger partial charge is 0.488 e. The molecule has 320 valence electrons. The number of nitrogens with one attached hydrogen (secondary N) is 3. The highest BCUT2D eigenvalue weighted by Crippen LogP contribution is 2.45. The van der Waals surface area contributed by atoms with E-state index in [-0.39, 0.29) is 42.0 Å². The number of likely N-dealkylation sites (tertiary alicyclic amines) is 2. The van der Waals surface area contributed by atoms with Crippen LogP contribution in [0.15, 0.2) is 48.7 Å². The molecule has 0 aliphatic carbocycles. The SMILES string of the molecule is COC[C@@H]1CN(C(=O)[C@@H](N)[C@@H](C)OC)C(C)(c2nc3c(ccc4cc5c(cc43)OCc3cc(-c4cnc([C@@H]6CC[C@H](C)N6C(=O)[C@@H](NC(C)C)[C@@H](C)OC)[nH]4)ccc3-5)[nH]2)C1. The third kappa shape index (κ3) is 7.36. The predicted molar refractivity (Wildman–Crippen MR) is 231 cm³/mol. The van der Waals surface area contributed by atoms with Gasteiger partial charge in [0.05, 0.1) is 53.3 Å². The Morgan fingerprint density at radius 3 is 2.52 bits per heavy atom. The van der Waals surface area contributed by atoms with Crippen LogP contribution in [0.5, 0.6) is 5.75 Å². The fourth-order valence-electron chi connectivity index (χ4n) is 9.68. The summed E-state index contributed by atoms with van der Waals surface area (Å²) in [5.74, 6) is 2.28. The van der Waals surface area contributed by atoms with Crippen molar-refractivity contribution < 1.29 is 28.5 Å². The molecule has 2 fully saturated rings. The number of aromatic amines is 2. The van der Waals surface area contributed by atoms with Gasteiger partial charge in [-0.2, -0.15) is 0 Å². The molecule has 3 aliphatic heterocycles. The molecule has 5 aromatic rings. The number of carbonyl (C=O) groups excluding carboxylic acids is 2. The van der Waals surface area contributed by atoms with Gasteiger partial charge in [0.25, 0.3) is 0 Å². The monoisotopic (exact) mass is 820 g/mol. The number of H-pyrrole nitrogens is 2. The minimum atomic E-state index is -0.805. The Morgan fingerprint density at radius 1 is 1.00 bits per heavy atom. The first kappa shape index (κ1) is 41.9. The van der Waals surface area contributed by atoms with Crippen LogP contribution in [0.2, 0.25) is 0 Å². The summed E-state index contributed by atoms with van der Waals surface area (Å²) < 4.78 is 23.1. The number of hydrogen-bond acceptors (Lipinski definition) is 10. The quantitative estimate of drug-likeness (QED) is 0.107. The van der Waals surface area contributed by atoms with Gasteiger partial charge in [-0.1, -0.05) is 32.0 Å². The minimum Gasteiger partial charge on any atom is -0.488 e. The van der Waals surface area contributed by atoms with Crippen molar-refractivity contribution in [3.63, 3.8) is 0 Å². The average molecular weight is 821 g/mol. The number of rotatable bonds is 13. The highest BCUT2D eigenvalue weighted by molar-refractivity contribution is 6.07. The topological polar surface area (TPSA) is 173 Å². The van der Waals surface area contributed by atoms with E-state index in [1.165, 1.54) is 0 Å². The number of ether oxygens (including phenoxy) is 4. The van der Waals surface area contributed by atoms with Crippen LogP contribution in [-0.4, -0.2) is 112 Å². The molecule has 0 bridgehead atoms. The smallest absolute Gasteiger partial charge is 0.243 e. The zero-order valence-corrected chi connectivity index (χ0v) is 36.3. The first-order valence-electron chi connectivity index (χ1n) is 21.2. The molecular formula is C46H60N8O6. The Bertz CT molecular complexity index is 2390. The van der Waals surface area contributed by atoms with Gasteiger partial charge in [-0.3, -0.25) is 9.59 Å². The van der Waals surface area contributed by atoms with Gasteiger partial charge in [-0.15, -0.1) is 0 Å². The van der Waals surface area contributed by atoms with Crippen LogP contribution in [0, 0.1) is 5.92 Å². The Labute approximate surface area is 351 Å². The summed E-state index contributed by atoms with van der Waals surface area (Å²) in [6.45, 7) is 13.5. The number of benzene rings is 3. The van der Waals surface area contributed by atoms with E-state index in [1.807, 2.05) is 43.7 Å². The number of carbonyl (C=O) groups is 2. The highest BCUT2D eigenvalue weighted by atomic mass is 16.5. The third-order valence-electron chi connectivity index (χ3n) is 13.2. The van der Waals surface area contributed by atoms with Gasteiger partial charge in [0.15, 0.2) is 0 Å². The van der Waals surface area contributed by atoms with Gasteiger partial charge in [-0.25, -0.2) is 9.97 Å². The molecule has 0 spiro atoms. The van der Waals surface area contributed by atoms with Crippen LogP contribution in [-0.2, 0) is 35.9 Å². The number of methoxy groups -OCH3 is 3. The fraction of sp³-hybridized carbons (Fsp3) is 0.522. The molecule has 3 aliphatic rings. The normalized spacial score (nSPS) is 23.5. The Morgan fingerprint density at radius 2 is 1.78 bits per heavy atom. The molecule has 0 saturated carbocycles. The van der Waals surface area contributed by atoms with Crippen molar-refractivity contribution in [1.82, 2.24) is 35.1 Å². The van der Waals surface area contributed by atoms with Crippen molar-refractivity contribution in [2.24, 2.45) is 11.7 Å². The molecule has 60 heavy (non-hydrogen) atoms. The molecule has 2 amide bonds. The van der Waals surface area contributed by atoms with Crippen molar-refractivity contribution in [3.8, 4) is 28.1 Å². The van der Waals surface area contributed by atoms with Crippen molar-refractivity contribution in [2.45, 2.75) is 115 Å². The lowest BCUT2D eigenvalue weighted by molar-refractivity contribution is -0.140. The number of aromatic nitrogens is 4. The highest BCUT2D eigenvalue weighted by Gasteiger charge is 2.49. The zero-order chi connectivity index (χ0) is 42.6. The molecule has 14 nitrogen and oxygen atoms in total. The lowest BCUT2D eigenvalue weighted by Crippen LogP contribution is -2.55. The van der Waals surface area contributed by atoms with Gasteiger partial charge in [0, 0.05) is 56.8 Å². The molecule has 2 aromatic heterocycles. The summed E-state index contributed by atoms with van der Waals surface area (Å²) in [6.07, 6.45) is 3.57. The van der Waals surface area contributed by atoms with Crippen LogP contribution >= 0.6 is 0 Å². The molecule has 5 heterocycles. The van der Waals surface area contributed by atoms with E-state index in [2.05, 4.69) is 71.6 Å². The number of hydrogen-bond donors (Lipinski definition) is 4. The molecule has 3 aromatic carbocycles. The van der Waals surface area contributed by atoms with Crippen LogP contribution in [0.25, 0.3) is 44.2 Å². The molecular weight excluding hydrogens is 761 g/mol. The van der Waals surface area contributed by atoms with E-state index >= 15 is 0 Å². The Balaban J connectivity index is 1.07. The van der Waals surface area contributed by atoms with E-state index in [0.29, 0.717) is 32.0 Å². The Hall–Kier alpha value is -4.86. The van der Waals surface area contributed by atoms with Crippen LogP contribution in [0.3, 0.4) is 0 Å². The molecule has 14 heteroatoms. The lowest BCUT2D eigenvalue weighted by atomic mass is 9.92. The number of amides is 2. The molecule has 0 radical (unpaired) electrons. The second-order valence-electron chi connectivity index (χ2n) is 17.6. The molecule has 5 N–H and O–H groups in total. The molecule has 1 unspecified atom stereocenters. The first-order valence-corrected chi connectivity index (χ1v) is 21.2. The molecule has 8 rings (SSSR count). The van der Waals surface area contributed by atoms with E-state index < -0.39 is 23.7 Å². The van der Waals surface area contributed by atoms with E-state index in [4.69, 9.17) is 34.6 Å². The van der Waals surface area contributed by atoms with E-state index in [0.717, 1.165) is 74.2 Å². The van der Waals surface area contributed by atoms with Crippen molar-refractivity contribution in [3.05, 3.63) is 65.9 Å². The summed E-state index contributed by atoms with van der Waals surface area (Å²) in [6, 6.07) is 13.7. The van der Waals surface area contributed by atoms with Gasteiger partial charge < -0.3 is 49.8 Å². The summed E-state index contributed by atoms with van der Waals surface area (Å²) in [5.41, 5.74) is 12.5. The van der Waals surface area contributed by atoms with Gasteiger partial charge >= 0.3 is 0 Å². The maximum absolute atomic E-state index is 14.0. The lowest BCUT2D eigenvalue weighted by Gasteiger charge is -2.36. The number of fused-ring (bicyclic) bond motifs is 6. The molecule has 8 atom stereocenters. The predicted octanol–water partition coefficient (Wildman–Crippen LogP) is 6.19. The van der Waals surface area contributed by atoms with E-state index in [9.17, 15) is 9.59 Å². The van der Waals surface area contributed by atoms with Gasteiger partial charge in [-0.05, 0) is 93.3 Å². The standard InChI is InChI=1S/C46H60N8O6/c1-24(2)49-40(27(5)59-9)44(56)54-25(3)10-15-37(54)42-48-20-36(50-42)30-11-13-32-31(16-30)23-60-38-18-33-29(17-34(32)38)12-14-35-41(33)52-45(51-35)46(6)19-28(22-57-7)21-53(46)43(55)39(47)26(4)58-8/h11-14,16-18,20,24-28,37,39-40,49H,10,15,19,21-23,47H2,1-9H3,(H,48,50)(H,51,52)/t25-,26+,27+,28-,37-,39-,40-,46?/m0/s1. The fourth-order valence-corrected chi connectivity index (χ4v) is 9.68. The maximum atomic E-state index is 14.0. The summed E-state index contributed by atoms with van der Waals surface area (Å²) in [5, 5.41) is 5.43. The summed E-state index contributed by atoms with van der Waals surface area (Å²) in [4.78, 5) is 48.9. The van der Waals surface area contributed by atoms with E-state index in [1.54, 1.807) is 21.3 Å². The number of imidazole rings is 2. The number of nitrogens with two attached hydrogens (primary N) is 1. The molecule has 2 saturated heterocycles. The van der Waals surface area contributed by atoms with Crippen molar-refractivity contribution >= 4 is 33.6 Å². The van der Waals surface area contributed by atoms with Crippen LogP contribution in [0.4, 0.5) is 0 Å². The number of nitrogens with zero attached hydrogens (tertiary/aromatic N) is 4. The maximum Gasteiger partial charge on any atom is 0.243 e. The van der Waals surface area contributed by atoms with Crippen LogP contribution in [0.1, 0.15) is 84.1 Å². The average Bonchev–Trinajstić information content (AvgIpc) is 4.06. The second kappa shape index (κ2) is 16.5. The van der Waals surface area contributed by atoms with Gasteiger partial charge in [0.1, 0.15) is 36.1 Å². The minimum absolute atomic E-state index is 0.0347.